The molecule has 0 aliphatic rings. The molecule has 0 unspecified atom stereocenters. The number of anilines is 1. The molecule has 6 nitrogen and oxygen atoms in total. The van der Waals surface area contributed by atoms with Crippen LogP contribution < -0.4 is 5.32 Å². The number of halogens is 2. The zero-order valence-corrected chi connectivity index (χ0v) is 12.4. The first-order valence-electron chi connectivity index (χ1n) is 5.01. The van der Waals surface area contributed by atoms with Crippen molar-refractivity contribution in [1.29, 1.82) is 0 Å². The molecule has 0 aliphatic heterocycles. The second-order valence-electron chi connectivity index (χ2n) is 3.56. The van der Waals surface area contributed by atoms with Gasteiger partial charge in [-0.3, -0.25) is 9.89 Å². The van der Waals surface area contributed by atoms with Gasteiger partial charge in [0.1, 0.15) is 0 Å². The minimum Gasteiger partial charge on any atom is -0.478 e. The molecular weight excluding hydrogens is 382 g/mol. The van der Waals surface area contributed by atoms with E-state index in [4.69, 9.17) is 5.11 Å². The lowest BCUT2D eigenvalue weighted by molar-refractivity contribution is 0.0698. The molecule has 98 valence electrons. The van der Waals surface area contributed by atoms with E-state index in [1.165, 1.54) is 18.5 Å². The number of carboxylic acid groups (broad SMARTS) is 1. The van der Waals surface area contributed by atoms with Gasteiger partial charge in [0.15, 0.2) is 0 Å². The maximum absolute atomic E-state index is 11.9. The molecule has 0 saturated heterocycles. The Morgan fingerprint density at radius 1 is 1.32 bits per heavy atom. The van der Waals surface area contributed by atoms with E-state index in [1.54, 1.807) is 6.07 Å². The lowest BCUT2D eigenvalue weighted by atomic mass is 10.1. The Balaban J connectivity index is 2.39. The number of carbonyl (C=O) groups excluding carboxylic acids is 1. The van der Waals surface area contributed by atoms with Gasteiger partial charge in [-0.25, -0.2) is 4.79 Å². The normalized spacial score (nSPS) is 10.2. The van der Waals surface area contributed by atoms with E-state index < -0.39 is 11.9 Å². The predicted molar refractivity (Wildman–Crippen MR) is 75.3 cm³/mol. The lowest BCUT2D eigenvalue weighted by Gasteiger charge is -2.10. The van der Waals surface area contributed by atoms with Crippen molar-refractivity contribution in [3.8, 4) is 0 Å². The molecule has 0 atom stereocenters. The Kier molecular flexibility index (Phi) is 4.01. The van der Waals surface area contributed by atoms with Crippen LogP contribution in [-0.4, -0.2) is 27.2 Å². The summed E-state index contributed by atoms with van der Waals surface area (Å²) in [6.07, 6.45) is 2.77. The van der Waals surface area contributed by atoms with Crippen LogP contribution in [-0.2, 0) is 0 Å². The van der Waals surface area contributed by atoms with E-state index in [1.807, 2.05) is 0 Å². The number of nitrogens with one attached hydrogen (secondary N) is 2. The highest BCUT2D eigenvalue weighted by molar-refractivity contribution is 9.11. The number of carbonyl (C=O) groups is 2. The first-order chi connectivity index (χ1) is 8.99. The van der Waals surface area contributed by atoms with Crippen LogP contribution in [0.5, 0.6) is 0 Å². The molecule has 2 rings (SSSR count). The van der Waals surface area contributed by atoms with E-state index in [0.717, 1.165) is 0 Å². The second-order valence-corrected chi connectivity index (χ2v) is 5.33. The minimum absolute atomic E-state index is 0.0157. The number of hydrogen-bond acceptors (Lipinski definition) is 3. The fourth-order valence-corrected chi connectivity index (χ4v) is 2.75. The van der Waals surface area contributed by atoms with Gasteiger partial charge in [-0.15, -0.1) is 0 Å². The quantitative estimate of drug-likeness (QED) is 0.753. The Bertz CT molecular complexity index is 641. The summed E-state index contributed by atoms with van der Waals surface area (Å²) in [6, 6.07) is 3.06. The van der Waals surface area contributed by atoms with Crippen LogP contribution in [0.25, 0.3) is 0 Å². The summed E-state index contributed by atoms with van der Waals surface area (Å²) in [5, 5.41) is 17.9. The fourth-order valence-electron chi connectivity index (χ4n) is 1.43. The summed E-state index contributed by atoms with van der Waals surface area (Å²) in [4.78, 5) is 23.1. The van der Waals surface area contributed by atoms with Gasteiger partial charge >= 0.3 is 5.97 Å². The van der Waals surface area contributed by atoms with Gasteiger partial charge in [0, 0.05) is 15.1 Å². The van der Waals surface area contributed by atoms with Gasteiger partial charge in [-0.05, 0) is 28.1 Å². The largest absolute Gasteiger partial charge is 0.478 e. The predicted octanol–water partition coefficient (Wildman–Crippen LogP) is 2.89. The Morgan fingerprint density at radius 2 is 2.05 bits per heavy atom. The van der Waals surface area contributed by atoms with Crippen LogP contribution in [0.15, 0.2) is 33.5 Å². The van der Waals surface area contributed by atoms with Gasteiger partial charge in [0.05, 0.1) is 23.0 Å². The third-order valence-corrected chi connectivity index (χ3v) is 3.37. The number of aromatic nitrogens is 2. The first-order valence-corrected chi connectivity index (χ1v) is 6.60. The molecule has 0 radical (unpaired) electrons. The van der Waals surface area contributed by atoms with Crippen LogP contribution in [0.1, 0.15) is 20.7 Å². The van der Waals surface area contributed by atoms with Crippen molar-refractivity contribution in [2.24, 2.45) is 0 Å². The van der Waals surface area contributed by atoms with Gasteiger partial charge in [0.2, 0.25) is 0 Å². The monoisotopic (exact) mass is 387 g/mol. The number of aromatic amines is 1. The van der Waals surface area contributed by atoms with Crippen LogP contribution in [0.4, 0.5) is 5.69 Å². The van der Waals surface area contributed by atoms with E-state index in [0.29, 0.717) is 14.5 Å². The number of aromatic carboxylic acids is 1. The Labute approximate surface area is 124 Å². The summed E-state index contributed by atoms with van der Waals surface area (Å²) < 4.78 is 1.06. The molecule has 19 heavy (non-hydrogen) atoms. The lowest BCUT2D eigenvalue weighted by Crippen LogP contribution is -2.15. The highest BCUT2D eigenvalue weighted by Crippen LogP contribution is 2.31. The zero-order chi connectivity index (χ0) is 14.0. The van der Waals surface area contributed by atoms with Crippen molar-refractivity contribution in [2.75, 3.05) is 5.32 Å². The van der Waals surface area contributed by atoms with Crippen LogP contribution in [0.2, 0.25) is 0 Å². The van der Waals surface area contributed by atoms with E-state index >= 15 is 0 Å². The SMILES string of the molecule is O=C(Nc1c(Br)cc(Br)cc1C(=O)O)c1cn[nH]c1. The van der Waals surface area contributed by atoms with E-state index in [2.05, 4.69) is 47.4 Å². The number of nitrogens with zero attached hydrogens (tertiary/aromatic N) is 1. The molecule has 0 aliphatic carbocycles. The molecule has 8 heteroatoms. The standard InChI is InChI=1S/C11H7Br2N3O3/c12-6-1-7(11(18)19)9(8(13)2-6)16-10(17)5-3-14-15-4-5/h1-4H,(H,14,15)(H,16,17)(H,18,19). The molecule has 1 heterocycles. The van der Waals surface area contributed by atoms with Crippen molar-refractivity contribution in [1.82, 2.24) is 10.2 Å². The van der Waals surface area contributed by atoms with Crippen LogP contribution in [0.3, 0.4) is 0 Å². The smallest absolute Gasteiger partial charge is 0.337 e. The Morgan fingerprint density at radius 3 is 2.63 bits per heavy atom. The molecule has 3 N–H and O–H groups in total. The highest BCUT2D eigenvalue weighted by Gasteiger charge is 2.18. The number of rotatable bonds is 3. The van der Waals surface area contributed by atoms with Gasteiger partial charge in [-0.1, -0.05) is 15.9 Å². The molecule has 1 aromatic carbocycles. The van der Waals surface area contributed by atoms with Crippen molar-refractivity contribution in [3.63, 3.8) is 0 Å². The van der Waals surface area contributed by atoms with Crippen molar-refractivity contribution in [3.05, 3.63) is 44.6 Å². The second kappa shape index (κ2) is 5.54. The summed E-state index contributed by atoms with van der Waals surface area (Å²) in [6.45, 7) is 0. The molecule has 0 fully saturated rings. The average Bonchev–Trinajstić information content (AvgIpc) is 2.85. The topological polar surface area (TPSA) is 95.1 Å². The van der Waals surface area contributed by atoms with Crippen LogP contribution >= 0.6 is 31.9 Å². The highest BCUT2D eigenvalue weighted by atomic mass is 79.9. The molecular formula is C11H7Br2N3O3. The van der Waals surface area contributed by atoms with E-state index in [9.17, 15) is 9.59 Å². The summed E-state index contributed by atoms with van der Waals surface area (Å²) in [5.74, 6) is -1.58. The van der Waals surface area contributed by atoms with Crippen LogP contribution in [0, 0.1) is 0 Å². The summed E-state index contributed by atoms with van der Waals surface area (Å²) in [7, 11) is 0. The van der Waals surface area contributed by atoms with Crippen molar-refractivity contribution in [2.45, 2.75) is 0 Å². The minimum atomic E-state index is -1.13. The van der Waals surface area contributed by atoms with E-state index in [-0.39, 0.29) is 11.3 Å². The fraction of sp³-hybridized carbons (Fsp3) is 0. The third kappa shape index (κ3) is 3.02. The maximum atomic E-state index is 11.9. The van der Waals surface area contributed by atoms with Crippen molar-refractivity contribution < 1.29 is 14.7 Å². The summed E-state index contributed by atoms with van der Waals surface area (Å²) in [5.41, 5.74) is 0.492. The Hall–Kier alpha value is -1.67. The molecule has 1 amide bonds. The molecule has 0 spiro atoms. The maximum Gasteiger partial charge on any atom is 0.337 e. The summed E-state index contributed by atoms with van der Waals surface area (Å²) >= 11 is 6.43. The molecule has 0 saturated carbocycles. The average molecular weight is 389 g/mol. The first kappa shape index (κ1) is 13.8. The number of amides is 1. The molecule has 0 bridgehead atoms. The number of carboxylic acids is 1. The van der Waals surface area contributed by atoms with Crippen molar-refractivity contribution >= 4 is 49.4 Å². The number of H-pyrrole nitrogens is 1. The zero-order valence-electron chi connectivity index (χ0n) is 9.28. The molecule has 2 aromatic rings. The third-order valence-electron chi connectivity index (χ3n) is 2.28. The van der Waals surface area contributed by atoms with Gasteiger partial charge in [0.25, 0.3) is 5.91 Å². The van der Waals surface area contributed by atoms with Gasteiger partial charge in [-0.2, -0.15) is 5.10 Å². The molecule has 1 aromatic heterocycles. The number of hydrogen-bond donors (Lipinski definition) is 3. The van der Waals surface area contributed by atoms with Gasteiger partial charge < -0.3 is 10.4 Å². The number of benzene rings is 1.